The van der Waals surface area contributed by atoms with Gasteiger partial charge in [-0.15, -0.1) is 0 Å². The van der Waals surface area contributed by atoms with Crippen molar-refractivity contribution >= 4 is 16.6 Å². The number of fused-ring (bicyclic) bond motifs is 1. The minimum absolute atomic E-state index is 0.0159. The van der Waals surface area contributed by atoms with Crippen LogP contribution in [0.25, 0.3) is 10.9 Å². The Morgan fingerprint density at radius 3 is 2.58 bits per heavy atom. The summed E-state index contributed by atoms with van der Waals surface area (Å²) in [6.45, 7) is 3.13. The van der Waals surface area contributed by atoms with Crippen LogP contribution in [0.4, 0.5) is 5.69 Å². The molecule has 0 fully saturated rings. The zero-order valence-electron chi connectivity index (χ0n) is 14.9. The normalized spacial score (nSPS) is 11.0. The van der Waals surface area contributed by atoms with Gasteiger partial charge >= 0.3 is 0 Å². The monoisotopic (exact) mass is 332 g/mol. The first kappa shape index (κ1) is 18.2. The maximum Gasteiger partial charge on any atom is 0.297 e. The molecule has 0 radical (unpaired) electrons. The molecule has 0 bridgehead atoms. The molecule has 5 heteroatoms. The van der Waals surface area contributed by atoms with E-state index < -0.39 is 0 Å². The van der Waals surface area contributed by atoms with Crippen LogP contribution < -0.4 is 15.6 Å². The van der Waals surface area contributed by atoms with Gasteiger partial charge in [0.1, 0.15) is 0 Å². The van der Waals surface area contributed by atoms with Gasteiger partial charge in [0.15, 0.2) is 5.75 Å². The molecule has 0 aliphatic heterocycles. The highest BCUT2D eigenvalue weighted by molar-refractivity contribution is 5.89. The fourth-order valence-corrected chi connectivity index (χ4v) is 2.93. The summed E-state index contributed by atoms with van der Waals surface area (Å²) >= 11 is 0. The summed E-state index contributed by atoms with van der Waals surface area (Å²) in [4.78, 5) is 12.2. The molecule has 0 saturated carbocycles. The summed E-state index contributed by atoms with van der Waals surface area (Å²) in [6.07, 6.45) is 7.56. The summed E-state index contributed by atoms with van der Waals surface area (Å²) in [7, 11) is 3.07. The average molecular weight is 332 g/mol. The molecule has 24 heavy (non-hydrogen) atoms. The van der Waals surface area contributed by atoms with Crippen LogP contribution in [0.15, 0.2) is 23.0 Å². The van der Waals surface area contributed by atoms with Gasteiger partial charge in [-0.3, -0.25) is 4.79 Å². The first-order valence-electron chi connectivity index (χ1n) is 8.73. The number of nitrogens with one attached hydrogen (secondary N) is 1. The number of nitrogens with zero attached hydrogens (tertiary/aromatic N) is 1. The predicted octanol–water partition coefficient (Wildman–Crippen LogP) is 4.03. The molecule has 0 atom stereocenters. The summed E-state index contributed by atoms with van der Waals surface area (Å²) < 4.78 is 6.52. The van der Waals surface area contributed by atoms with Gasteiger partial charge in [0.2, 0.25) is 5.75 Å². The second-order valence-electron chi connectivity index (χ2n) is 6.17. The summed E-state index contributed by atoms with van der Waals surface area (Å²) in [5, 5.41) is 14.2. The number of benzene rings is 1. The topological polar surface area (TPSA) is 63.5 Å². The fourth-order valence-electron chi connectivity index (χ4n) is 2.93. The number of pyridine rings is 1. The molecule has 0 aliphatic carbocycles. The first-order valence-corrected chi connectivity index (χ1v) is 8.73. The number of ether oxygens (including phenoxy) is 1. The molecule has 0 unspecified atom stereocenters. The Morgan fingerprint density at radius 1 is 1.17 bits per heavy atom. The third kappa shape index (κ3) is 4.02. The molecule has 0 spiro atoms. The highest BCUT2D eigenvalue weighted by Crippen LogP contribution is 2.32. The minimum Gasteiger partial charge on any atom is -0.504 e. The number of hydrogen-bond donors (Lipinski definition) is 2. The molecule has 1 aromatic heterocycles. The second-order valence-corrected chi connectivity index (χ2v) is 6.17. The molecular formula is C19H28N2O3. The van der Waals surface area contributed by atoms with E-state index in [4.69, 9.17) is 4.74 Å². The van der Waals surface area contributed by atoms with Gasteiger partial charge in [0.25, 0.3) is 5.56 Å². The number of methoxy groups -OCH3 is 1. The van der Waals surface area contributed by atoms with Crippen molar-refractivity contribution in [3.05, 3.63) is 28.6 Å². The zero-order chi connectivity index (χ0) is 17.5. The summed E-state index contributed by atoms with van der Waals surface area (Å²) in [5.74, 6) is -0.115. The van der Waals surface area contributed by atoms with Crippen LogP contribution in [0.2, 0.25) is 0 Å². The van der Waals surface area contributed by atoms with Crippen LogP contribution in [0.3, 0.4) is 0 Å². The Balaban J connectivity index is 2.06. The third-order valence-electron chi connectivity index (χ3n) is 4.39. The largest absolute Gasteiger partial charge is 0.504 e. The Kier molecular flexibility index (Phi) is 6.53. The van der Waals surface area contributed by atoms with Crippen molar-refractivity contribution in [1.82, 2.24) is 4.57 Å². The van der Waals surface area contributed by atoms with Crippen molar-refractivity contribution in [2.75, 3.05) is 19.0 Å². The highest BCUT2D eigenvalue weighted by atomic mass is 16.5. The van der Waals surface area contributed by atoms with Crippen LogP contribution in [0.5, 0.6) is 11.5 Å². The van der Waals surface area contributed by atoms with Crippen LogP contribution in [0, 0.1) is 0 Å². The van der Waals surface area contributed by atoms with Crippen molar-refractivity contribution in [1.29, 1.82) is 0 Å². The minimum atomic E-state index is -0.337. The van der Waals surface area contributed by atoms with Crippen LogP contribution in [0.1, 0.15) is 45.4 Å². The zero-order valence-corrected chi connectivity index (χ0v) is 14.9. The van der Waals surface area contributed by atoms with Gasteiger partial charge in [-0.1, -0.05) is 39.0 Å². The van der Waals surface area contributed by atoms with E-state index in [1.165, 1.54) is 43.8 Å². The Morgan fingerprint density at radius 2 is 1.88 bits per heavy atom. The lowest BCUT2D eigenvalue weighted by Gasteiger charge is -2.13. The van der Waals surface area contributed by atoms with Gasteiger partial charge in [0.05, 0.1) is 12.6 Å². The average Bonchev–Trinajstić information content (AvgIpc) is 2.59. The standard InChI is InChI=1S/C19H28N2O3/c1-4-5-6-7-8-9-12-20-14-10-11-15-16(13-14)21(2)19(23)18(24-3)17(15)22/h10-11,13,20,22H,4-9,12H2,1-3H3. The molecule has 0 amide bonds. The number of rotatable bonds is 9. The molecule has 2 rings (SSSR count). The van der Waals surface area contributed by atoms with Crippen molar-refractivity contribution in [2.24, 2.45) is 7.05 Å². The number of aromatic hydroxyl groups is 1. The van der Waals surface area contributed by atoms with E-state index in [1.54, 1.807) is 7.05 Å². The molecule has 5 nitrogen and oxygen atoms in total. The smallest absolute Gasteiger partial charge is 0.297 e. The van der Waals surface area contributed by atoms with E-state index in [0.29, 0.717) is 10.9 Å². The lowest BCUT2D eigenvalue weighted by molar-refractivity contribution is 0.368. The third-order valence-corrected chi connectivity index (χ3v) is 4.39. The summed E-state index contributed by atoms with van der Waals surface area (Å²) in [5.41, 5.74) is 1.30. The molecule has 1 heterocycles. The Labute approximate surface area is 143 Å². The number of aromatic nitrogens is 1. The lowest BCUT2D eigenvalue weighted by atomic mass is 10.1. The molecule has 0 saturated heterocycles. The molecule has 0 aliphatic rings. The maximum atomic E-state index is 12.2. The van der Waals surface area contributed by atoms with E-state index in [9.17, 15) is 9.90 Å². The lowest BCUT2D eigenvalue weighted by Crippen LogP contribution is -2.19. The van der Waals surface area contributed by atoms with E-state index >= 15 is 0 Å². The number of anilines is 1. The van der Waals surface area contributed by atoms with Crippen LogP contribution in [-0.4, -0.2) is 23.3 Å². The SMILES string of the molecule is CCCCCCCCNc1ccc2c(O)c(OC)c(=O)n(C)c2c1. The number of hydrogen-bond acceptors (Lipinski definition) is 4. The van der Waals surface area contributed by atoms with Gasteiger partial charge in [-0.05, 0) is 24.6 Å². The maximum absolute atomic E-state index is 12.2. The highest BCUT2D eigenvalue weighted by Gasteiger charge is 2.15. The van der Waals surface area contributed by atoms with Crippen molar-refractivity contribution in [3.63, 3.8) is 0 Å². The van der Waals surface area contributed by atoms with Gasteiger partial charge in [-0.25, -0.2) is 0 Å². The molecule has 2 aromatic rings. The second kappa shape index (κ2) is 8.62. The van der Waals surface area contributed by atoms with E-state index in [2.05, 4.69) is 12.2 Å². The molecule has 2 N–H and O–H groups in total. The van der Waals surface area contributed by atoms with Gasteiger partial charge in [-0.2, -0.15) is 0 Å². The van der Waals surface area contributed by atoms with Crippen LogP contribution >= 0.6 is 0 Å². The van der Waals surface area contributed by atoms with E-state index in [-0.39, 0.29) is 17.1 Å². The first-order chi connectivity index (χ1) is 11.6. The number of aryl methyl sites for hydroxylation is 1. The van der Waals surface area contributed by atoms with Crippen molar-refractivity contribution in [2.45, 2.75) is 45.4 Å². The Bertz CT molecular complexity index is 737. The molecule has 132 valence electrons. The molecular weight excluding hydrogens is 304 g/mol. The van der Waals surface area contributed by atoms with Gasteiger partial charge < -0.3 is 19.7 Å². The fraction of sp³-hybridized carbons (Fsp3) is 0.526. The predicted molar refractivity (Wildman–Crippen MR) is 99.3 cm³/mol. The van der Waals surface area contributed by atoms with E-state index in [0.717, 1.165) is 18.7 Å². The summed E-state index contributed by atoms with van der Waals surface area (Å²) in [6, 6.07) is 5.63. The quantitative estimate of drug-likeness (QED) is 0.681. The van der Waals surface area contributed by atoms with Crippen molar-refractivity contribution in [3.8, 4) is 11.5 Å². The van der Waals surface area contributed by atoms with Gasteiger partial charge in [0, 0.05) is 24.7 Å². The molecule has 1 aromatic carbocycles. The Hall–Kier alpha value is -2.17. The van der Waals surface area contributed by atoms with Crippen molar-refractivity contribution < 1.29 is 9.84 Å². The number of unbranched alkanes of at least 4 members (excludes halogenated alkanes) is 5. The van der Waals surface area contributed by atoms with Crippen LogP contribution in [-0.2, 0) is 7.05 Å². The van der Waals surface area contributed by atoms with E-state index in [1.807, 2.05) is 18.2 Å².